The van der Waals surface area contributed by atoms with Crippen LogP contribution in [0.1, 0.15) is 46.4 Å². The Morgan fingerprint density at radius 3 is 2.46 bits per heavy atom. The van der Waals surface area contributed by atoms with Gasteiger partial charge in [-0.05, 0) is 63.3 Å². The van der Waals surface area contributed by atoms with Gasteiger partial charge in [0.2, 0.25) is 0 Å². The van der Waals surface area contributed by atoms with Crippen molar-refractivity contribution in [2.75, 3.05) is 13.7 Å². The number of hydrogen-bond donors (Lipinski definition) is 0. The molecule has 3 rings (SSSR count). The molecule has 0 bridgehead atoms. The lowest BCUT2D eigenvalue weighted by Crippen LogP contribution is -2.47. The number of hydrogen-bond acceptors (Lipinski definition) is 5. The van der Waals surface area contributed by atoms with E-state index in [0.717, 1.165) is 14.5 Å². The maximum atomic E-state index is 13.0. The first-order valence-electron chi connectivity index (χ1n) is 9.01. The molecule has 8 heteroatoms. The van der Waals surface area contributed by atoms with Crippen LogP contribution in [0.4, 0.5) is 9.59 Å². The van der Waals surface area contributed by atoms with Crippen molar-refractivity contribution in [2.24, 2.45) is 0 Å². The second-order valence-electron chi connectivity index (χ2n) is 8.15. The topological polar surface area (TPSA) is 70.0 Å². The van der Waals surface area contributed by atoms with E-state index in [1.807, 2.05) is 58.9 Å². The number of benzene rings is 1. The number of ether oxygens (including phenoxy) is 3. The Morgan fingerprint density at radius 1 is 1.21 bits per heavy atom. The maximum Gasteiger partial charge on any atom is 0.418 e. The Kier molecular flexibility index (Phi) is 5.39. The van der Waals surface area contributed by atoms with E-state index < -0.39 is 29.6 Å². The van der Waals surface area contributed by atoms with Gasteiger partial charge in [0.15, 0.2) is 0 Å². The molecule has 0 aliphatic carbocycles. The molecule has 1 aromatic heterocycles. The highest BCUT2D eigenvalue weighted by Crippen LogP contribution is 2.42. The van der Waals surface area contributed by atoms with Crippen LogP contribution in [0.5, 0.6) is 0 Å². The predicted molar refractivity (Wildman–Crippen MR) is 113 cm³/mol. The second-order valence-corrected chi connectivity index (χ2v) is 9.22. The Balaban J connectivity index is 2.19. The first-order valence-corrected chi connectivity index (χ1v) is 10.1. The van der Waals surface area contributed by atoms with Crippen molar-refractivity contribution in [1.29, 1.82) is 0 Å². The van der Waals surface area contributed by atoms with Crippen LogP contribution < -0.4 is 0 Å². The summed E-state index contributed by atoms with van der Waals surface area (Å²) < 4.78 is 19.0. The van der Waals surface area contributed by atoms with Gasteiger partial charge in [0.05, 0.1) is 24.9 Å². The van der Waals surface area contributed by atoms with Crippen LogP contribution >= 0.6 is 22.6 Å². The van der Waals surface area contributed by atoms with Crippen molar-refractivity contribution in [2.45, 2.75) is 52.0 Å². The summed E-state index contributed by atoms with van der Waals surface area (Å²) >= 11 is 2.21. The van der Waals surface area contributed by atoms with Crippen molar-refractivity contribution < 1.29 is 23.8 Å². The van der Waals surface area contributed by atoms with Crippen LogP contribution in [-0.2, 0) is 14.2 Å². The lowest BCUT2D eigenvalue weighted by Gasteiger charge is -2.35. The molecule has 1 aliphatic rings. The third kappa shape index (κ3) is 3.59. The van der Waals surface area contributed by atoms with E-state index >= 15 is 0 Å². The number of aromatic nitrogens is 1. The van der Waals surface area contributed by atoms with Crippen LogP contribution in [0.25, 0.3) is 10.9 Å². The van der Waals surface area contributed by atoms with Gasteiger partial charge in [-0.2, -0.15) is 0 Å². The summed E-state index contributed by atoms with van der Waals surface area (Å²) in [4.78, 5) is 27.2. The highest BCUT2D eigenvalue weighted by molar-refractivity contribution is 14.1. The number of para-hydroxylation sites is 1. The molecule has 1 amide bonds. The Bertz CT molecular complexity index is 929. The Hall–Kier alpha value is -1.81. The van der Waals surface area contributed by atoms with Gasteiger partial charge in [-0.3, -0.25) is 4.90 Å². The van der Waals surface area contributed by atoms with Crippen molar-refractivity contribution >= 4 is 45.7 Å². The van der Waals surface area contributed by atoms with Gasteiger partial charge in [-0.15, -0.1) is 0 Å². The van der Waals surface area contributed by atoms with Gasteiger partial charge in [0.25, 0.3) is 0 Å². The summed E-state index contributed by atoms with van der Waals surface area (Å²) in [5, 5.41) is 0.914. The molecular weight excluding hydrogens is 475 g/mol. The molecule has 1 fully saturated rings. The quantitative estimate of drug-likeness (QED) is 0.521. The number of nitrogens with zero attached hydrogens (tertiary/aromatic N) is 2. The summed E-state index contributed by atoms with van der Waals surface area (Å²) in [5.41, 5.74) is -0.150. The largest absolute Gasteiger partial charge is 0.452 e. The van der Waals surface area contributed by atoms with E-state index in [1.165, 1.54) is 11.7 Å². The van der Waals surface area contributed by atoms with Crippen molar-refractivity contribution in [3.8, 4) is 0 Å². The zero-order chi connectivity index (χ0) is 20.9. The first-order chi connectivity index (χ1) is 13.0. The Labute approximate surface area is 178 Å². The minimum Gasteiger partial charge on any atom is -0.452 e. The van der Waals surface area contributed by atoms with Gasteiger partial charge < -0.3 is 14.2 Å². The summed E-state index contributed by atoms with van der Waals surface area (Å²) in [6.45, 7) is 9.33. The van der Waals surface area contributed by atoms with E-state index in [2.05, 4.69) is 22.6 Å². The van der Waals surface area contributed by atoms with Crippen LogP contribution in [0.2, 0.25) is 0 Å². The molecule has 2 heterocycles. The maximum absolute atomic E-state index is 13.0. The van der Waals surface area contributed by atoms with Crippen LogP contribution in [0.3, 0.4) is 0 Å². The number of carbonyl (C=O) groups excluding carboxylic acids is 2. The summed E-state index contributed by atoms with van der Waals surface area (Å²) in [6, 6.07) is 7.08. The van der Waals surface area contributed by atoms with Gasteiger partial charge >= 0.3 is 12.2 Å². The molecule has 0 radical (unpaired) electrons. The fraction of sp³-hybridized carbons (Fsp3) is 0.500. The van der Waals surface area contributed by atoms with Crippen LogP contribution in [-0.4, -0.2) is 46.7 Å². The average molecular weight is 500 g/mol. The smallest absolute Gasteiger partial charge is 0.418 e. The highest BCUT2D eigenvalue weighted by Gasteiger charge is 2.48. The van der Waals surface area contributed by atoms with Crippen molar-refractivity contribution in [3.05, 3.63) is 33.5 Å². The number of fused-ring (bicyclic) bond motifs is 1. The molecular formula is C20H25IN2O5. The normalized spacial score (nSPS) is 19.1. The van der Waals surface area contributed by atoms with Gasteiger partial charge in [-0.25, -0.2) is 14.2 Å². The number of carbonyl (C=O) groups is 2. The number of halogens is 1. The van der Waals surface area contributed by atoms with Crippen molar-refractivity contribution in [3.63, 3.8) is 0 Å². The Morgan fingerprint density at radius 2 is 1.86 bits per heavy atom. The SMILES string of the molecule is COC(=O)n1c([C@@H]2COC(C)(C)N2C(=O)OC(C)(C)C)c(I)c2ccccc21. The number of methoxy groups -OCH3 is 1. The van der Waals surface area contributed by atoms with Gasteiger partial charge in [0, 0.05) is 8.96 Å². The molecule has 28 heavy (non-hydrogen) atoms. The second kappa shape index (κ2) is 7.22. The van der Waals surface area contributed by atoms with Crippen LogP contribution in [0, 0.1) is 3.57 Å². The molecule has 1 aromatic carbocycles. The lowest BCUT2D eigenvalue weighted by molar-refractivity contribution is -0.0628. The number of amides is 1. The lowest BCUT2D eigenvalue weighted by atomic mass is 10.1. The van der Waals surface area contributed by atoms with E-state index in [-0.39, 0.29) is 6.61 Å². The summed E-state index contributed by atoms with van der Waals surface area (Å²) in [6.07, 6.45) is -1.000. The molecule has 0 saturated carbocycles. The summed E-state index contributed by atoms with van der Waals surface area (Å²) in [7, 11) is 1.34. The fourth-order valence-electron chi connectivity index (χ4n) is 3.47. The fourth-order valence-corrected chi connectivity index (χ4v) is 4.52. The molecule has 1 atom stereocenters. The van der Waals surface area contributed by atoms with E-state index in [1.54, 1.807) is 4.90 Å². The standard InChI is InChI=1S/C20H25IN2O5/c1-19(2,3)28-18(25)23-14(11-27-20(23,4)5)16-15(21)12-9-7-8-10-13(12)22(16)17(24)26-6/h7-10,14H,11H2,1-6H3/t14-/m0/s1. The summed E-state index contributed by atoms with van der Waals surface area (Å²) in [5.74, 6) is 0. The minimum absolute atomic E-state index is 0.246. The molecule has 1 saturated heterocycles. The zero-order valence-electron chi connectivity index (χ0n) is 16.9. The molecule has 2 aromatic rings. The first kappa shape index (κ1) is 20.9. The van der Waals surface area contributed by atoms with E-state index in [9.17, 15) is 9.59 Å². The zero-order valence-corrected chi connectivity index (χ0v) is 19.1. The van der Waals surface area contributed by atoms with Crippen molar-refractivity contribution in [1.82, 2.24) is 9.47 Å². The minimum atomic E-state index is -0.881. The highest BCUT2D eigenvalue weighted by atomic mass is 127. The van der Waals surface area contributed by atoms with Gasteiger partial charge in [-0.1, -0.05) is 18.2 Å². The molecule has 1 aliphatic heterocycles. The molecule has 0 spiro atoms. The monoisotopic (exact) mass is 500 g/mol. The third-order valence-electron chi connectivity index (χ3n) is 4.60. The average Bonchev–Trinajstić information content (AvgIpc) is 3.06. The van der Waals surface area contributed by atoms with E-state index in [4.69, 9.17) is 14.2 Å². The molecule has 152 valence electrons. The van der Waals surface area contributed by atoms with Crippen LogP contribution in [0.15, 0.2) is 24.3 Å². The number of rotatable bonds is 1. The third-order valence-corrected chi connectivity index (χ3v) is 5.73. The molecule has 7 nitrogen and oxygen atoms in total. The predicted octanol–water partition coefficient (Wildman–Crippen LogP) is 4.90. The van der Waals surface area contributed by atoms with Gasteiger partial charge in [0.1, 0.15) is 17.4 Å². The van der Waals surface area contributed by atoms with E-state index in [0.29, 0.717) is 5.69 Å². The molecule has 0 unspecified atom stereocenters. The molecule has 0 N–H and O–H groups in total.